The summed E-state index contributed by atoms with van der Waals surface area (Å²) in [6, 6.07) is 10.0. The van der Waals surface area contributed by atoms with Gasteiger partial charge < -0.3 is 5.73 Å². The van der Waals surface area contributed by atoms with Gasteiger partial charge in [-0.2, -0.15) is 0 Å². The first kappa shape index (κ1) is 13.0. The summed E-state index contributed by atoms with van der Waals surface area (Å²) < 4.78 is 26.7. The first-order valence-corrected chi connectivity index (χ1v) is 5.79. The Balaban J connectivity index is 2.50. The Morgan fingerprint density at radius 3 is 2.22 bits per heavy atom. The molecule has 0 aliphatic rings. The maximum atomic E-state index is 13.9. The Hall–Kier alpha value is -1.45. The highest BCUT2D eigenvalue weighted by molar-refractivity contribution is 6.30. The molecule has 0 heterocycles. The fourth-order valence-corrected chi connectivity index (χ4v) is 2.02. The van der Waals surface area contributed by atoms with E-state index >= 15 is 0 Å². The molecule has 0 fully saturated rings. The molecule has 0 aliphatic heterocycles. The van der Waals surface area contributed by atoms with Gasteiger partial charge in [-0.15, -0.1) is 0 Å². The molecule has 0 spiro atoms. The van der Waals surface area contributed by atoms with Gasteiger partial charge in [0.2, 0.25) is 0 Å². The zero-order chi connectivity index (χ0) is 13.3. The second-order valence-electron chi connectivity index (χ2n) is 4.33. The summed E-state index contributed by atoms with van der Waals surface area (Å²) in [6.45, 7) is 1.67. The summed E-state index contributed by atoms with van der Waals surface area (Å²) in [6.07, 6.45) is 0. The molecular weight excluding hydrogens is 256 g/mol. The van der Waals surface area contributed by atoms with Crippen LogP contribution in [0.5, 0.6) is 0 Å². The van der Waals surface area contributed by atoms with Gasteiger partial charge in [-0.05, 0) is 36.8 Å². The Labute approximate surface area is 109 Å². The quantitative estimate of drug-likeness (QED) is 0.879. The number of nitrogens with two attached hydrogens (primary N) is 1. The standard InChI is InChI=1S/C14H12ClF2N/c1-14(18,9-2-5-11(16)6-3-9)12-7-4-10(15)8-13(12)17/h2-8H,18H2,1H3. The van der Waals surface area contributed by atoms with Gasteiger partial charge in [0.05, 0.1) is 5.54 Å². The van der Waals surface area contributed by atoms with E-state index < -0.39 is 11.4 Å². The van der Waals surface area contributed by atoms with E-state index in [-0.39, 0.29) is 5.82 Å². The molecule has 2 N–H and O–H groups in total. The van der Waals surface area contributed by atoms with Crippen molar-refractivity contribution in [3.63, 3.8) is 0 Å². The monoisotopic (exact) mass is 267 g/mol. The van der Waals surface area contributed by atoms with Crippen molar-refractivity contribution < 1.29 is 8.78 Å². The first-order chi connectivity index (χ1) is 8.41. The second-order valence-corrected chi connectivity index (χ2v) is 4.77. The van der Waals surface area contributed by atoms with Crippen LogP contribution in [-0.2, 0) is 5.54 Å². The molecule has 1 unspecified atom stereocenters. The van der Waals surface area contributed by atoms with Crippen molar-refractivity contribution in [2.45, 2.75) is 12.5 Å². The molecule has 1 atom stereocenters. The van der Waals surface area contributed by atoms with Gasteiger partial charge in [0.25, 0.3) is 0 Å². The van der Waals surface area contributed by atoms with Gasteiger partial charge in [0, 0.05) is 10.6 Å². The van der Waals surface area contributed by atoms with Crippen molar-refractivity contribution in [1.82, 2.24) is 0 Å². The van der Waals surface area contributed by atoms with Crippen LogP contribution in [0.3, 0.4) is 0 Å². The Bertz CT molecular complexity index is 565. The smallest absolute Gasteiger partial charge is 0.130 e. The van der Waals surface area contributed by atoms with E-state index in [1.807, 2.05) is 0 Å². The van der Waals surface area contributed by atoms with Crippen LogP contribution in [0, 0.1) is 11.6 Å². The summed E-state index contributed by atoms with van der Waals surface area (Å²) in [5.74, 6) is -0.831. The third-order valence-electron chi connectivity index (χ3n) is 2.93. The molecule has 0 aromatic heterocycles. The van der Waals surface area contributed by atoms with Crippen molar-refractivity contribution >= 4 is 11.6 Å². The minimum atomic E-state index is -1.04. The lowest BCUT2D eigenvalue weighted by Crippen LogP contribution is -2.35. The molecular formula is C14H12ClF2N. The zero-order valence-electron chi connectivity index (χ0n) is 9.75. The molecule has 0 aliphatic carbocycles. The van der Waals surface area contributed by atoms with E-state index in [9.17, 15) is 8.78 Å². The van der Waals surface area contributed by atoms with Crippen LogP contribution in [0.1, 0.15) is 18.1 Å². The van der Waals surface area contributed by atoms with E-state index in [2.05, 4.69) is 0 Å². The number of benzene rings is 2. The average molecular weight is 268 g/mol. The van der Waals surface area contributed by atoms with Gasteiger partial charge in [-0.3, -0.25) is 0 Å². The Morgan fingerprint density at radius 1 is 1.06 bits per heavy atom. The summed E-state index contributed by atoms with van der Waals surface area (Å²) in [4.78, 5) is 0. The fourth-order valence-electron chi connectivity index (χ4n) is 1.86. The summed E-state index contributed by atoms with van der Waals surface area (Å²) >= 11 is 5.70. The molecule has 2 aromatic carbocycles. The largest absolute Gasteiger partial charge is 0.318 e. The molecule has 0 saturated heterocycles. The van der Waals surface area contributed by atoms with Crippen molar-refractivity contribution in [2.24, 2.45) is 5.73 Å². The summed E-state index contributed by atoms with van der Waals surface area (Å²) in [7, 11) is 0. The lowest BCUT2D eigenvalue weighted by molar-refractivity contribution is 0.529. The van der Waals surface area contributed by atoms with Crippen LogP contribution in [0.25, 0.3) is 0 Å². The van der Waals surface area contributed by atoms with E-state index in [0.29, 0.717) is 16.1 Å². The predicted octanol–water partition coefficient (Wildman–Crippen LogP) is 3.84. The number of hydrogen-bond acceptors (Lipinski definition) is 1. The minimum Gasteiger partial charge on any atom is -0.318 e. The van der Waals surface area contributed by atoms with Crippen LogP contribution in [0.2, 0.25) is 5.02 Å². The van der Waals surface area contributed by atoms with Crippen LogP contribution in [0.15, 0.2) is 42.5 Å². The van der Waals surface area contributed by atoms with Crippen molar-refractivity contribution in [3.05, 3.63) is 70.2 Å². The fraction of sp³-hybridized carbons (Fsp3) is 0.143. The normalized spacial score (nSPS) is 14.3. The van der Waals surface area contributed by atoms with Crippen molar-refractivity contribution in [2.75, 3.05) is 0 Å². The predicted molar refractivity (Wildman–Crippen MR) is 68.5 cm³/mol. The molecule has 0 saturated carbocycles. The zero-order valence-corrected chi connectivity index (χ0v) is 10.5. The third kappa shape index (κ3) is 2.37. The van der Waals surface area contributed by atoms with Crippen molar-refractivity contribution in [3.8, 4) is 0 Å². The number of halogens is 3. The van der Waals surface area contributed by atoms with Gasteiger partial charge in [-0.1, -0.05) is 29.8 Å². The van der Waals surface area contributed by atoms with Gasteiger partial charge >= 0.3 is 0 Å². The van der Waals surface area contributed by atoms with Gasteiger partial charge in [0.15, 0.2) is 0 Å². The molecule has 0 amide bonds. The molecule has 18 heavy (non-hydrogen) atoms. The van der Waals surface area contributed by atoms with Crippen LogP contribution >= 0.6 is 11.6 Å². The second kappa shape index (κ2) is 4.67. The van der Waals surface area contributed by atoms with Crippen molar-refractivity contribution in [1.29, 1.82) is 0 Å². The maximum Gasteiger partial charge on any atom is 0.130 e. The van der Waals surface area contributed by atoms with E-state index in [1.165, 1.54) is 18.2 Å². The van der Waals surface area contributed by atoms with Crippen LogP contribution in [0.4, 0.5) is 8.78 Å². The van der Waals surface area contributed by atoms with E-state index in [0.717, 1.165) is 0 Å². The lowest BCUT2D eigenvalue weighted by atomic mass is 9.85. The van der Waals surface area contributed by atoms with E-state index in [1.54, 1.807) is 31.2 Å². The van der Waals surface area contributed by atoms with Gasteiger partial charge in [0.1, 0.15) is 11.6 Å². The summed E-state index contributed by atoms with van der Waals surface area (Å²) in [5, 5.41) is 0.311. The molecule has 2 aromatic rings. The Morgan fingerprint density at radius 2 is 1.67 bits per heavy atom. The Kier molecular flexibility index (Phi) is 3.37. The SMILES string of the molecule is CC(N)(c1ccc(F)cc1)c1ccc(Cl)cc1F. The van der Waals surface area contributed by atoms with Gasteiger partial charge in [-0.25, -0.2) is 8.78 Å². The lowest BCUT2D eigenvalue weighted by Gasteiger charge is -2.26. The molecule has 4 heteroatoms. The summed E-state index contributed by atoms with van der Waals surface area (Å²) in [5.41, 5.74) is 6.06. The molecule has 2 rings (SSSR count). The third-order valence-corrected chi connectivity index (χ3v) is 3.17. The molecule has 0 radical (unpaired) electrons. The highest BCUT2D eigenvalue weighted by atomic mass is 35.5. The topological polar surface area (TPSA) is 26.0 Å². The maximum absolute atomic E-state index is 13.9. The molecule has 94 valence electrons. The highest BCUT2D eigenvalue weighted by Gasteiger charge is 2.27. The number of rotatable bonds is 2. The van der Waals surface area contributed by atoms with Crippen LogP contribution in [-0.4, -0.2) is 0 Å². The molecule has 1 nitrogen and oxygen atoms in total. The average Bonchev–Trinajstić information content (AvgIpc) is 2.29. The number of hydrogen-bond donors (Lipinski definition) is 1. The van der Waals surface area contributed by atoms with E-state index in [4.69, 9.17) is 17.3 Å². The first-order valence-electron chi connectivity index (χ1n) is 5.42. The molecule has 0 bridgehead atoms. The minimum absolute atomic E-state index is 0.311. The van der Waals surface area contributed by atoms with Crippen LogP contribution < -0.4 is 5.73 Å². The highest BCUT2D eigenvalue weighted by Crippen LogP contribution is 2.29.